The van der Waals surface area contributed by atoms with Crippen LogP contribution in [-0.4, -0.2) is 34.5 Å². The van der Waals surface area contributed by atoms with Gasteiger partial charge in [-0.2, -0.15) is 0 Å². The molecule has 0 amide bonds. The van der Waals surface area contributed by atoms with E-state index >= 15 is 0 Å². The van der Waals surface area contributed by atoms with Gasteiger partial charge in [-0.1, -0.05) is 273 Å². The van der Waals surface area contributed by atoms with Gasteiger partial charge in [-0.3, -0.25) is 0 Å². The lowest BCUT2D eigenvalue weighted by Gasteiger charge is -2.13. The maximum atomic E-state index is 5.44. The van der Waals surface area contributed by atoms with Crippen molar-refractivity contribution in [2.45, 2.75) is 0 Å². The molecule has 0 saturated heterocycles. The number of fused-ring (bicyclic) bond motifs is 7. The summed E-state index contributed by atoms with van der Waals surface area (Å²) in [5, 5.41) is 4.69. The molecule has 0 radical (unpaired) electrons. The molecule has 458 valence electrons. The second kappa shape index (κ2) is 24.8. The van der Waals surface area contributed by atoms with Crippen molar-refractivity contribution in [3.8, 4) is 141 Å². The Morgan fingerprint density at radius 3 is 0.969 bits per heavy atom. The summed E-state index contributed by atoms with van der Waals surface area (Å²) in [5.74, 6) is 3.54. The van der Waals surface area contributed by atoms with Crippen LogP contribution in [0, 0.1) is 0 Å². The number of para-hydroxylation sites is 2. The second-order valence-electron chi connectivity index (χ2n) is 24.6. The maximum Gasteiger partial charge on any atom is 0.164 e. The summed E-state index contributed by atoms with van der Waals surface area (Å²) in [4.78, 5) is 32.0. The van der Waals surface area contributed by atoms with Crippen LogP contribution in [-0.2, 0) is 0 Å². The molecule has 0 fully saturated rings. The molecule has 0 aliphatic heterocycles. The van der Waals surface area contributed by atoms with Crippen LogP contribution in [0.3, 0.4) is 0 Å². The van der Waals surface area contributed by atoms with Gasteiger partial charge in [-0.05, 0) is 134 Å². The molecular weight excluding hydrogens is 1210 g/mol. The minimum absolute atomic E-state index is 0.581. The van der Waals surface area contributed by atoms with E-state index in [0.29, 0.717) is 34.9 Å². The van der Waals surface area contributed by atoms with Gasteiger partial charge in [-0.15, -0.1) is 11.3 Å². The van der Waals surface area contributed by atoms with Gasteiger partial charge in [0, 0.05) is 75.6 Å². The Labute approximate surface area is 570 Å². The second-order valence-corrected chi connectivity index (χ2v) is 25.6. The summed E-state index contributed by atoms with van der Waals surface area (Å²) in [7, 11) is 0. The number of hydrogen-bond donors (Lipinski definition) is 0. The van der Waals surface area contributed by atoms with Crippen LogP contribution in [0.1, 0.15) is 0 Å². The molecule has 0 bridgehead atoms. The number of nitrogens with zero attached hydrogens (tertiary/aromatic N) is 7. The predicted octanol–water partition coefficient (Wildman–Crippen LogP) is 23.5. The van der Waals surface area contributed by atoms with Gasteiger partial charge in [0.1, 0.15) is 0 Å². The van der Waals surface area contributed by atoms with Gasteiger partial charge in [0.2, 0.25) is 0 Å². The molecule has 0 N–H and O–H groups in total. The summed E-state index contributed by atoms with van der Waals surface area (Å²) in [5.41, 5.74) is 21.8. The molecule has 4 aromatic heterocycles. The summed E-state index contributed by atoms with van der Waals surface area (Å²) >= 11 is 1.84. The number of aromatic nitrogens is 7. The molecule has 8 heteroatoms. The van der Waals surface area contributed by atoms with Gasteiger partial charge in [0.15, 0.2) is 34.9 Å². The SMILES string of the molecule is c1ccc(-c2cc(-c3ccccc3)cc(-c3nc(-c4ccccc4)nc(-c4cccc(-c5cccc6c5sc5c(-c7cccc(-c8nc(-c9ccccc9)nc(-c9cc(-c%10ccccc%10)cc(-c%10ccccc%10)c9)n8)c7)cc7c8ccccc8n(-c8ccccc8)c7c56)c4)n3)c2)cc1. The van der Waals surface area contributed by atoms with Crippen LogP contribution in [0.5, 0.6) is 0 Å². The normalized spacial score (nSPS) is 11.5. The maximum absolute atomic E-state index is 5.44. The van der Waals surface area contributed by atoms with E-state index in [1.807, 2.05) is 47.7 Å². The van der Waals surface area contributed by atoms with E-state index in [4.69, 9.17) is 29.9 Å². The van der Waals surface area contributed by atoms with Crippen LogP contribution >= 0.6 is 11.3 Å². The Morgan fingerprint density at radius 2 is 0.520 bits per heavy atom. The molecule has 4 heterocycles. The number of benzene rings is 14. The number of rotatable bonds is 13. The Kier molecular flexibility index (Phi) is 14.6. The van der Waals surface area contributed by atoms with E-state index in [1.165, 1.54) is 25.6 Å². The lowest BCUT2D eigenvalue weighted by Crippen LogP contribution is -2.00. The summed E-state index contributed by atoms with van der Waals surface area (Å²) < 4.78 is 4.80. The van der Waals surface area contributed by atoms with Crippen LogP contribution in [0.2, 0.25) is 0 Å². The van der Waals surface area contributed by atoms with E-state index in [1.54, 1.807) is 0 Å². The first kappa shape index (κ1) is 57.8. The zero-order valence-corrected chi connectivity index (χ0v) is 53.8. The molecule has 0 saturated carbocycles. The standard InChI is InChI=1S/C90H57N7S/c1-8-27-58(28-9-1)68-51-69(59-29-10-2-11-30-59)54-72(53-68)89-93-85(62-35-16-5-17-36-62)91-87(95-89)66-41-24-39-64(49-66)75-46-26-47-77-81-82-79(76-45-22-23-48-80(76)97(82)74-43-20-7-21-44-74)57-78(84(81)98-83(75)77)65-40-25-42-67(50-65)88-92-86(63-37-18-6-19-38-63)94-90(96-88)73-55-70(60-31-12-3-13-32-60)52-71(56-73)61-33-14-4-15-34-61/h1-57H. The van der Waals surface area contributed by atoms with Gasteiger partial charge in [0.25, 0.3) is 0 Å². The fourth-order valence-electron chi connectivity index (χ4n) is 13.8. The minimum Gasteiger partial charge on any atom is -0.309 e. The van der Waals surface area contributed by atoms with Crippen molar-refractivity contribution in [3.63, 3.8) is 0 Å². The van der Waals surface area contributed by atoms with Crippen LogP contribution < -0.4 is 0 Å². The fourth-order valence-corrected chi connectivity index (χ4v) is 15.1. The van der Waals surface area contributed by atoms with Crippen molar-refractivity contribution in [1.29, 1.82) is 0 Å². The smallest absolute Gasteiger partial charge is 0.164 e. The van der Waals surface area contributed by atoms with Crippen molar-refractivity contribution >= 4 is 53.3 Å². The number of thiophene rings is 1. The average molecular weight is 1270 g/mol. The van der Waals surface area contributed by atoms with Gasteiger partial charge >= 0.3 is 0 Å². The summed E-state index contributed by atoms with van der Waals surface area (Å²) in [6, 6.07) is 122. The van der Waals surface area contributed by atoms with Crippen molar-refractivity contribution in [1.82, 2.24) is 34.5 Å². The molecule has 18 rings (SSSR count). The van der Waals surface area contributed by atoms with E-state index in [9.17, 15) is 0 Å². The van der Waals surface area contributed by atoms with Gasteiger partial charge < -0.3 is 4.57 Å². The van der Waals surface area contributed by atoms with Crippen molar-refractivity contribution in [2.24, 2.45) is 0 Å². The zero-order valence-electron chi connectivity index (χ0n) is 52.9. The monoisotopic (exact) mass is 1270 g/mol. The Morgan fingerprint density at radius 1 is 0.204 bits per heavy atom. The third-order valence-electron chi connectivity index (χ3n) is 18.4. The largest absolute Gasteiger partial charge is 0.309 e. The van der Waals surface area contributed by atoms with Gasteiger partial charge in [-0.25, -0.2) is 29.9 Å². The highest BCUT2D eigenvalue weighted by Crippen LogP contribution is 2.50. The van der Waals surface area contributed by atoms with E-state index in [0.717, 1.165) is 122 Å². The number of hydrogen-bond acceptors (Lipinski definition) is 7. The van der Waals surface area contributed by atoms with E-state index in [-0.39, 0.29) is 0 Å². The summed E-state index contributed by atoms with van der Waals surface area (Å²) in [6.45, 7) is 0. The molecule has 14 aromatic carbocycles. The third kappa shape index (κ3) is 10.8. The summed E-state index contributed by atoms with van der Waals surface area (Å²) in [6.07, 6.45) is 0. The molecule has 98 heavy (non-hydrogen) atoms. The highest BCUT2D eigenvalue weighted by molar-refractivity contribution is 7.27. The van der Waals surface area contributed by atoms with Crippen molar-refractivity contribution < 1.29 is 0 Å². The molecule has 0 atom stereocenters. The van der Waals surface area contributed by atoms with Gasteiger partial charge in [0.05, 0.1) is 11.0 Å². The Hall–Kier alpha value is -12.9. The van der Waals surface area contributed by atoms with Crippen LogP contribution in [0.25, 0.3) is 183 Å². The highest BCUT2D eigenvalue weighted by Gasteiger charge is 2.25. The molecule has 7 nitrogen and oxygen atoms in total. The first-order chi connectivity index (χ1) is 48.5. The topological polar surface area (TPSA) is 82.3 Å². The van der Waals surface area contributed by atoms with Crippen LogP contribution in [0.15, 0.2) is 346 Å². The first-order valence-electron chi connectivity index (χ1n) is 32.9. The Balaban J connectivity index is 0.822. The molecule has 18 aromatic rings. The molecule has 0 aliphatic rings. The molecule has 0 aliphatic carbocycles. The predicted molar refractivity (Wildman–Crippen MR) is 406 cm³/mol. The third-order valence-corrected chi connectivity index (χ3v) is 19.7. The lowest BCUT2D eigenvalue weighted by molar-refractivity contribution is 1.07. The fraction of sp³-hybridized carbons (Fsp3) is 0. The molecule has 0 spiro atoms. The molecular formula is C90H57N7S. The van der Waals surface area contributed by atoms with Crippen molar-refractivity contribution in [2.75, 3.05) is 0 Å². The average Bonchev–Trinajstić information content (AvgIpc) is 1.54. The minimum atomic E-state index is 0.581. The van der Waals surface area contributed by atoms with E-state index in [2.05, 4.69) is 314 Å². The zero-order chi connectivity index (χ0) is 64.9. The van der Waals surface area contributed by atoms with E-state index < -0.39 is 0 Å². The molecule has 0 unspecified atom stereocenters. The lowest BCUT2D eigenvalue weighted by atomic mass is 9.95. The van der Waals surface area contributed by atoms with Crippen LogP contribution in [0.4, 0.5) is 0 Å². The quantitative estimate of drug-likeness (QED) is 0.114. The Bertz CT molecular complexity index is 5910. The highest BCUT2D eigenvalue weighted by atomic mass is 32.1. The van der Waals surface area contributed by atoms with Crippen molar-refractivity contribution in [3.05, 3.63) is 346 Å². The first-order valence-corrected chi connectivity index (χ1v) is 33.7.